The van der Waals surface area contributed by atoms with Crippen molar-refractivity contribution < 1.29 is 9.53 Å². The number of rotatable bonds is 5. The Morgan fingerprint density at radius 1 is 1.30 bits per heavy atom. The van der Waals surface area contributed by atoms with Crippen molar-refractivity contribution in [3.8, 4) is 0 Å². The van der Waals surface area contributed by atoms with Gasteiger partial charge in [-0.25, -0.2) is 4.99 Å². The highest BCUT2D eigenvalue weighted by atomic mass is 16.6. The lowest BCUT2D eigenvalue weighted by Crippen LogP contribution is -2.39. The van der Waals surface area contributed by atoms with Gasteiger partial charge in [-0.1, -0.05) is 24.3 Å². The standard InChI is InChI=1S/C18H29N3O2/c1-7-19-17(20-12-16(22)23-18(4,5)6)21-14(3)15-11-9-8-10-13(15)2/h8-11,14H,7,12H2,1-6H3,(H2,19,20,21). The predicted molar refractivity (Wildman–Crippen MR) is 94.6 cm³/mol. The maximum Gasteiger partial charge on any atom is 0.328 e. The van der Waals surface area contributed by atoms with E-state index in [1.807, 2.05) is 39.8 Å². The van der Waals surface area contributed by atoms with Gasteiger partial charge in [0.25, 0.3) is 0 Å². The van der Waals surface area contributed by atoms with E-state index in [1.165, 1.54) is 11.1 Å². The molecule has 1 rings (SSSR count). The van der Waals surface area contributed by atoms with Crippen LogP contribution in [0.4, 0.5) is 0 Å². The highest BCUT2D eigenvalue weighted by Gasteiger charge is 2.16. The quantitative estimate of drug-likeness (QED) is 0.497. The normalized spacial score (nSPS) is 13.4. The number of aliphatic imine (C=N–C) groups is 1. The molecule has 23 heavy (non-hydrogen) atoms. The molecule has 0 spiro atoms. The Balaban J connectivity index is 2.72. The summed E-state index contributed by atoms with van der Waals surface area (Å²) >= 11 is 0. The summed E-state index contributed by atoms with van der Waals surface area (Å²) in [5.41, 5.74) is 1.93. The van der Waals surface area contributed by atoms with Crippen LogP contribution < -0.4 is 10.6 Å². The third-order valence-electron chi connectivity index (χ3n) is 3.14. The van der Waals surface area contributed by atoms with Gasteiger partial charge < -0.3 is 15.4 Å². The Morgan fingerprint density at radius 3 is 2.52 bits per heavy atom. The van der Waals surface area contributed by atoms with Gasteiger partial charge in [0, 0.05) is 6.54 Å². The molecule has 0 aliphatic rings. The summed E-state index contributed by atoms with van der Waals surface area (Å²) in [6.07, 6.45) is 0. The van der Waals surface area contributed by atoms with Gasteiger partial charge in [-0.15, -0.1) is 0 Å². The minimum absolute atomic E-state index is 0.00685. The number of ether oxygens (including phenoxy) is 1. The number of nitrogens with one attached hydrogen (secondary N) is 2. The summed E-state index contributed by atoms with van der Waals surface area (Å²) < 4.78 is 5.27. The minimum atomic E-state index is -0.493. The van der Waals surface area contributed by atoms with Crippen molar-refractivity contribution in [2.75, 3.05) is 13.1 Å². The maximum absolute atomic E-state index is 11.8. The second-order valence-electron chi connectivity index (χ2n) is 6.50. The lowest BCUT2D eigenvalue weighted by Gasteiger charge is -2.21. The number of guanidine groups is 1. The van der Waals surface area contributed by atoms with Crippen LogP contribution in [0, 0.1) is 6.92 Å². The Hall–Kier alpha value is -2.04. The van der Waals surface area contributed by atoms with E-state index in [4.69, 9.17) is 4.74 Å². The molecule has 0 heterocycles. The zero-order chi connectivity index (χ0) is 17.5. The molecule has 1 atom stereocenters. The molecule has 1 unspecified atom stereocenters. The van der Waals surface area contributed by atoms with Gasteiger partial charge in [0.1, 0.15) is 12.1 Å². The molecular formula is C18H29N3O2. The van der Waals surface area contributed by atoms with Crippen LogP contribution in [0.5, 0.6) is 0 Å². The first-order chi connectivity index (χ1) is 10.7. The number of aryl methyl sites for hydroxylation is 1. The van der Waals surface area contributed by atoms with Crippen LogP contribution in [0.3, 0.4) is 0 Å². The van der Waals surface area contributed by atoms with Crippen LogP contribution >= 0.6 is 0 Å². The second-order valence-corrected chi connectivity index (χ2v) is 6.50. The Labute approximate surface area is 139 Å². The largest absolute Gasteiger partial charge is 0.459 e. The number of nitrogens with zero attached hydrogens (tertiary/aromatic N) is 1. The fourth-order valence-electron chi connectivity index (χ4n) is 2.19. The average molecular weight is 319 g/mol. The first kappa shape index (κ1) is 19.0. The molecule has 0 aliphatic heterocycles. The molecule has 5 heteroatoms. The van der Waals surface area contributed by atoms with Gasteiger partial charge in [0.15, 0.2) is 5.96 Å². The predicted octanol–water partition coefficient (Wildman–Crippen LogP) is 2.95. The molecule has 2 N–H and O–H groups in total. The first-order valence-electron chi connectivity index (χ1n) is 8.05. The van der Waals surface area contributed by atoms with Crippen molar-refractivity contribution in [3.63, 3.8) is 0 Å². The maximum atomic E-state index is 11.8. The monoisotopic (exact) mass is 319 g/mol. The Kier molecular flexibility index (Phi) is 7.07. The number of hydrogen-bond acceptors (Lipinski definition) is 3. The minimum Gasteiger partial charge on any atom is -0.459 e. The molecule has 1 aromatic carbocycles. The average Bonchev–Trinajstić information content (AvgIpc) is 2.43. The van der Waals surface area contributed by atoms with Crippen molar-refractivity contribution >= 4 is 11.9 Å². The Morgan fingerprint density at radius 2 is 1.96 bits per heavy atom. The van der Waals surface area contributed by atoms with E-state index >= 15 is 0 Å². The molecule has 0 radical (unpaired) electrons. The lowest BCUT2D eigenvalue weighted by atomic mass is 10.0. The second kappa shape index (κ2) is 8.56. The molecule has 0 fully saturated rings. The van der Waals surface area contributed by atoms with Crippen LogP contribution in [-0.2, 0) is 9.53 Å². The highest BCUT2D eigenvalue weighted by Crippen LogP contribution is 2.16. The SMILES string of the molecule is CCNC(=NCC(=O)OC(C)(C)C)NC(C)c1ccccc1C. The highest BCUT2D eigenvalue weighted by molar-refractivity contribution is 5.83. The van der Waals surface area contributed by atoms with E-state index in [0.717, 1.165) is 6.54 Å². The molecule has 0 saturated heterocycles. The smallest absolute Gasteiger partial charge is 0.328 e. The molecule has 0 saturated carbocycles. The van der Waals surface area contributed by atoms with Crippen LogP contribution in [-0.4, -0.2) is 30.6 Å². The third-order valence-corrected chi connectivity index (χ3v) is 3.14. The zero-order valence-corrected chi connectivity index (χ0v) is 15.1. The van der Waals surface area contributed by atoms with Gasteiger partial charge in [-0.05, 0) is 52.7 Å². The number of hydrogen-bond donors (Lipinski definition) is 2. The van der Waals surface area contributed by atoms with Crippen LogP contribution in [0.2, 0.25) is 0 Å². The number of esters is 1. The van der Waals surface area contributed by atoms with Crippen LogP contribution in [0.15, 0.2) is 29.3 Å². The van der Waals surface area contributed by atoms with Gasteiger partial charge in [0.2, 0.25) is 0 Å². The van der Waals surface area contributed by atoms with E-state index in [-0.39, 0.29) is 18.6 Å². The third kappa shape index (κ3) is 7.17. The summed E-state index contributed by atoms with van der Waals surface area (Å²) in [7, 11) is 0. The zero-order valence-electron chi connectivity index (χ0n) is 15.1. The van der Waals surface area contributed by atoms with Crippen LogP contribution in [0.25, 0.3) is 0 Å². The fraction of sp³-hybridized carbons (Fsp3) is 0.556. The van der Waals surface area contributed by atoms with Crippen molar-refractivity contribution in [2.45, 2.75) is 53.2 Å². The van der Waals surface area contributed by atoms with E-state index in [9.17, 15) is 4.79 Å². The summed E-state index contributed by atoms with van der Waals surface area (Å²) in [4.78, 5) is 16.1. The summed E-state index contributed by atoms with van der Waals surface area (Å²) in [6.45, 7) is 12.4. The van der Waals surface area contributed by atoms with E-state index in [1.54, 1.807) is 0 Å². The van der Waals surface area contributed by atoms with E-state index < -0.39 is 5.60 Å². The molecular weight excluding hydrogens is 290 g/mol. The molecule has 5 nitrogen and oxygen atoms in total. The van der Waals surface area contributed by atoms with Crippen molar-refractivity contribution in [1.82, 2.24) is 10.6 Å². The summed E-state index contributed by atoms with van der Waals surface area (Å²) in [6, 6.07) is 8.30. The molecule has 128 valence electrons. The van der Waals surface area contributed by atoms with Gasteiger partial charge in [0.05, 0.1) is 6.04 Å². The summed E-state index contributed by atoms with van der Waals surface area (Å²) in [5.74, 6) is 0.271. The number of benzene rings is 1. The molecule has 0 aromatic heterocycles. The van der Waals surface area contributed by atoms with Crippen molar-refractivity contribution in [3.05, 3.63) is 35.4 Å². The molecule has 0 bridgehead atoms. The lowest BCUT2D eigenvalue weighted by molar-refractivity contribution is -0.152. The van der Waals surface area contributed by atoms with Gasteiger partial charge in [-0.2, -0.15) is 0 Å². The van der Waals surface area contributed by atoms with Crippen molar-refractivity contribution in [2.24, 2.45) is 4.99 Å². The van der Waals surface area contributed by atoms with Crippen LogP contribution in [0.1, 0.15) is 51.8 Å². The van der Waals surface area contributed by atoms with Gasteiger partial charge >= 0.3 is 5.97 Å². The number of carbonyl (C=O) groups is 1. The first-order valence-corrected chi connectivity index (χ1v) is 8.05. The summed E-state index contributed by atoms with van der Waals surface area (Å²) in [5, 5.41) is 6.48. The number of carbonyl (C=O) groups excluding carboxylic acids is 1. The molecule has 1 aromatic rings. The van der Waals surface area contributed by atoms with E-state index in [0.29, 0.717) is 5.96 Å². The Bertz CT molecular complexity index is 547. The topological polar surface area (TPSA) is 62.7 Å². The fourth-order valence-corrected chi connectivity index (χ4v) is 2.19. The van der Waals surface area contributed by atoms with E-state index in [2.05, 4.69) is 41.6 Å². The van der Waals surface area contributed by atoms with Gasteiger partial charge in [-0.3, -0.25) is 4.79 Å². The molecule has 0 amide bonds. The molecule has 0 aliphatic carbocycles. The van der Waals surface area contributed by atoms with Crippen molar-refractivity contribution in [1.29, 1.82) is 0 Å².